The Bertz CT molecular complexity index is 172. The van der Waals surface area contributed by atoms with Crippen molar-refractivity contribution in [3.63, 3.8) is 0 Å². The predicted molar refractivity (Wildman–Crippen MR) is 49.6 cm³/mol. The normalized spacial score (nSPS) is 11.8. The average Bonchev–Trinajstić information content (AvgIpc) is 2.11. The Balaban J connectivity index is 3.59. The van der Waals surface area contributed by atoms with E-state index in [0.717, 1.165) is 6.42 Å². The van der Waals surface area contributed by atoms with Crippen molar-refractivity contribution >= 4 is 5.91 Å². The molecule has 3 heteroatoms. The molecule has 1 unspecified atom stereocenters. The number of nitrogens with one attached hydrogen (secondary N) is 2. The maximum atomic E-state index is 10.8. The highest BCUT2D eigenvalue weighted by Crippen LogP contribution is 1.94. The summed E-state index contributed by atoms with van der Waals surface area (Å²) in [6.45, 7) is 2.38. The summed E-state index contributed by atoms with van der Waals surface area (Å²) in [4.78, 5) is 10.8. The first kappa shape index (κ1) is 11.0. The van der Waals surface area contributed by atoms with Crippen LogP contribution in [0.15, 0.2) is 0 Å². The van der Waals surface area contributed by atoms with Crippen LogP contribution in [0.25, 0.3) is 0 Å². The minimum Gasteiger partial charge on any atom is -0.358 e. The van der Waals surface area contributed by atoms with Gasteiger partial charge in [-0.15, -0.1) is 12.3 Å². The van der Waals surface area contributed by atoms with Gasteiger partial charge in [-0.3, -0.25) is 4.79 Å². The molecule has 0 saturated carbocycles. The van der Waals surface area contributed by atoms with Gasteiger partial charge in [0.05, 0.1) is 6.54 Å². The maximum Gasteiger partial charge on any atom is 0.233 e. The molecule has 0 bridgehead atoms. The molecule has 12 heavy (non-hydrogen) atoms. The van der Waals surface area contributed by atoms with Gasteiger partial charge in [-0.1, -0.05) is 6.92 Å². The number of amides is 1. The second-order valence-electron chi connectivity index (χ2n) is 2.57. The van der Waals surface area contributed by atoms with E-state index in [1.165, 1.54) is 0 Å². The summed E-state index contributed by atoms with van der Waals surface area (Å²) in [6.07, 6.45) is 6.77. The van der Waals surface area contributed by atoms with Crippen molar-refractivity contribution in [2.75, 3.05) is 13.6 Å². The van der Waals surface area contributed by atoms with Crippen LogP contribution in [0.4, 0.5) is 0 Å². The van der Waals surface area contributed by atoms with Crippen LogP contribution in [0.5, 0.6) is 0 Å². The second kappa shape index (κ2) is 6.68. The standard InChI is InChI=1S/C9H16N2O/c1-4-6-8(5-2)11-7-9(12)10-3/h1,8,11H,5-7H2,2-3H3,(H,10,12). The number of rotatable bonds is 5. The summed E-state index contributed by atoms with van der Waals surface area (Å²) < 4.78 is 0. The molecule has 0 saturated heterocycles. The molecule has 0 heterocycles. The van der Waals surface area contributed by atoms with Crippen LogP contribution < -0.4 is 10.6 Å². The molecule has 2 N–H and O–H groups in total. The van der Waals surface area contributed by atoms with Crippen LogP contribution in [-0.2, 0) is 4.79 Å². The van der Waals surface area contributed by atoms with Crippen LogP contribution in [0.2, 0.25) is 0 Å². The molecule has 0 fully saturated rings. The molecule has 68 valence electrons. The third kappa shape index (κ3) is 4.75. The lowest BCUT2D eigenvalue weighted by molar-refractivity contribution is -0.119. The fourth-order valence-electron chi connectivity index (χ4n) is 0.829. The van der Waals surface area contributed by atoms with E-state index in [0.29, 0.717) is 13.0 Å². The van der Waals surface area contributed by atoms with Crippen LogP contribution in [0, 0.1) is 12.3 Å². The topological polar surface area (TPSA) is 41.1 Å². The van der Waals surface area contributed by atoms with Gasteiger partial charge in [0.15, 0.2) is 0 Å². The highest BCUT2D eigenvalue weighted by Gasteiger charge is 2.04. The Morgan fingerprint density at radius 1 is 1.67 bits per heavy atom. The summed E-state index contributed by atoms with van der Waals surface area (Å²) >= 11 is 0. The molecule has 0 aliphatic heterocycles. The van der Waals surface area contributed by atoms with Crippen molar-refractivity contribution in [1.82, 2.24) is 10.6 Å². The van der Waals surface area contributed by atoms with Crippen LogP contribution >= 0.6 is 0 Å². The molecular formula is C9H16N2O. The number of likely N-dealkylation sites (N-methyl/N-ethyl adjacent to an activating group) is 1. The molecule has 0 aromatic rings. The third-order valence-electron chi connectivity index (χ3n) is 1.69. The molecule has 0 aromatic carbocycles. The second-order valence-corrected chi connectivity index (χ2v) is 2.57. The quantitative estimate of drug-likeness (QED) is 0.573. The van der Waals surface area contributed by atoms with Crippen LogP contribution in [0.3, 0.4) is 0 Å². The van der Waals surface area contributed by atoms with E-state index in [1.54, 1.807) is 7.05 Å². The largest absolute Gasteiger partial charge is 0.358 e. The fraction of sp³-hybridized carbons (Fsp3) is 0.667. The third-order valence-corrected chi connectivity index (χ3v) is 1.69. The zero-order valence-electron chi connectivity index (χ0n) is 7.68. The van der Waals surface area contributed by atoms with E-state index in [1.807, 2.05) is 6.92 Å². The summed E-state index contributed by atoms with van der Waals surface area (Å²) in [6, 6.07) is 0.257. The van der Waals surface area contributed by atoms with E-state index in [2.05, 4.69) is 16.6 Å². The van der Waals surface area contributed by atoms with Crippen molar-refractivity contribution in [1.29, 1.82) is 0 Å². The van der Waals surface area contributed by atoms with Crippen molar-refractivity contribution < 1.29 is 4.79 Å². The van der Waals surface area contributed by atoms with E-state index in [-0.39, 0.29) is 11.9 Å². The van der Waals surface area contributed by atoms with Gasteiger partial charge in [0.1, 0.15) is 0 Å². The van der Waals surface area contributed by atoms with Gasteiger partial charge in [0, 0.05) is 19.5 Å². The summed E-state index contributed by atoms with van der Waals surface area (Å²) in [5.74, 6) is 2.56. The van der Waals surface area contributed by atoms with Crippen molar-refractivity contribution in [3.8, 4) is 12.3 Å². The fourth-order valence-corrected chi connectivity index (χ4v) is 0.829. The Morgan fingerprint density at radius 3 is 2.75 bits per heavy atom. The van der Waals surface area contributed by atoms with Crippen molar-refractivity contribution in [2.24, 2.45) is 0 Å². The number of carbonyl (C=O) groups excluding carboxylic acids is 1. The average molecular weight is 168 g/mol. The molecule has 0 aliphatic rings. The van der Waals surface area contributed by atoms with Gasteiger partial charge >= 0.3 is 0 Å². The first-order valence-electron chi connectivity index (χ1n) is 4.12. The Labute approximate surface area is 73.9 Å². The molecule has 0 spiro atoms. The van der Waals surface area contributed by atoms with E-state index in [9.17, 15) is 4.79 Å². The number of hydrogen-bond acceptors (Lipinski definition) is 2. The molecular weight excluding hydrogens is 152 g/mol. The van der Waals surface area contributed by atoms with E-state index < -0.39 is 0 Å². The number of terminal acetylenes is 1. The van der Waals surface area contributed by atoms with Crippen LogP contribution in [0.1, 0.15) is 19.8 Å². The molecule has 1 atom stereocenters. The smallest absolute Gasteiger partial charge is 0.233 e. The molecule has 1 amide bonds. The first-order chi connectivity index (χ1) is 5.74. The summed E-state index contributed by atoms with van der Waals surface area (Å²) in [5.41, 5.74) is 0. The van der Waals surface area contributed by atoms with Gasteiger partial charge in [0.25, 0.3) is 0 Å². The Morgan fingerprint density at radius 2 is 2.33 bits per heavy atom. The Hall–Kier alpha value is -1.01. The van der Waals surface area contributed by atoms with Gasteiger partial charge in [-0.2, -0.15) is 0 Å². The Kier molecular flexibility index (Phi) is 6.12. The van der Waals surface area contributed by atoms with E-state index >= 15 is 0 Å². The summed E-state index contributed by atoms with van der Waals surface area (Å²) in [7, 11) is 1.62. The van der Waals surface area contributed by atoms with E-state index in [4.69, 9.17) is 6.42 Å². The SMILES string of the molecule is C#CCC(CC)NCC(=O)NC. The lowest BCUT2D eigenvalue weighted by Crippen LogP contribution is -2.37. The minimum absolute atomic E-state index is 0.00882. The molecule has 0 rings (SSSR count). The lowest BCUT2D eigenvalue weighted by atomic mass is 10.1. The van der Waals surface area contributed by atoms with Crippen molar-refractivity contribution in [2.45, 2.75) is 25.8 Å². The highest BCUT2D eigenvalue weighted by atomic mass is 16.1. The zero-order valence-corrected chi connectivity index (χ0v) is 7.68. The van der Waals surface area contributed by atoms with Gasteiger partial charge in [0.2, 0.25) is 5.91 Å². The van der Waals surface area contributed by atoms with Gasteiger partial charge in [-0.05, 0) is 6.42 Å². The van der Waals surface area contributed by atoms with Crippen molar-refractivity contribution in [3.05, 3.63) is 0 Å². The highest BCUT2D eigenvalue weighted by molar-refractivity contribution is 5.77. The summed E-state index contributed by atoms with van der Waals surface area (Å²) in [5, 5.41) is 5.60. The molecule has 0 aliphatic carbocycles. The molecule has 0 aromatic heterocycles. The van der Waals surface area contributed by atoms with Crippen LogP contribution in [-0.4, -0.2) is 25.5 Å². The predicted octanol–water partition coefficient (Wildman–Crippen LogP) is 0.124. The van der Waals surface area contributed by atoms with Gasteiger partial charge < -0.3 is 10.6 Å². The first-order valence-corrected chi connectivity index (χ1v) is 4.12. The minimum atomic E-state index is -0.00882. The number of carbonyl (C=O) groups is 1. The molecule has 3 nitrogen and oxygen atoms in total. The zero-order chi connectivity index (χ0) is 9.40. The lowest BCUT2D eigenvalue weighted by Gasteiger charge is -2.12. The monoisotopic (exact) mass is 168 g/mol. The number of hydrogen-bond donors (Lipinski definition) is 2. The molecule has 0 radical (unpaired) electrons. The maximum absolute atomic E-state index is 10.8. The van der Waals surface area contributed by atoms with Gasteiger partial charge in [-0.25, -0.2) is 0 Å².